The van der Waals surface area contributed by atoms with E-state index in [0.29, 0.717) is 18.7 Å². The molecule has 1 heterocycles. The molecule has 1 aliphatic rings. The molecule has 1 aliphatic heterocycles. The lowest BCUT2D eigenvalue weighted by Gasteiger charge is -2.30. The van der Waals surface area contributed by atoms with E-state index >= 15 is 0 Å². The van der Waals surface area contributed by atoms with Crippen molar-refractivity contribution in [2.45, 2.75) is 17.1 Å². The Hall–Kier alpha value is -0.990. The second-order valence-corrected chi connectivity index (χ2v) is 7.79. The third kappa shape index (κ3) is 5.03. The fourth-order valence-electron chi connectivity index (χ4n) is 2.43. The van der Waals surface area contributed by atoms with Gasteiger partial charge < -0.3 is 20.1 Å². The first kappa shape index (κ1) is 17.4. The van der Waals surface area contributed by atoms with Gasteiger partial charge in [-0.1, -0.05) is 12.1 Å². The van der Waals surface area contributed by atoms with Crippen LogP contribution in [0.5, 0.6) is 0 Å². The standard InChI is InChI=1S/C15H24N2O4S/c1-17-7-8-21-13(11-17)9-16-10-15(18)12-3-5-14(6-4-12)22(2,19)20/h3-6,13,15-16,18H,7-11H2,1-2H3/t13-,15+/m1/s1. The van der Waals surface area contributed by atoms with Gasteiger partial charge in [-0.2, -0.15) is 0 Å². The zero-order valence-corrected chi connectivity index (χ0v) is 13.8. The molecular formula is C15H24N2O4S. The molecule has 1 aromatic carbocycles. The van der Waals surface area contributed by atoms with E-state index in [-0.39, 0.29) is 11.0 Å². The van der Waals surface area contributed by atoms with E-state index in [1.54, 1.807) is 12.1 Å². The van der Waals surface area contributed by atoms with Gasteiger partial charge in [-0.25, -0.2) is 8.42 Å². The van der Waals surface area contributed by atoms with E-state index in [9.17, 15) is 13.5 Å². The van der Waals surface area contributed by atoms with Gasteiger partial charge in [-0.05, 0) is 24.7 Å². The number of morpholine rings is 1. The van der Waals surface area contributed by atoms with Crippen LogP contribution in [-0.4, -0.2) is 70.6 Å². The third-order valence-electron chi connectivity index (χ3n) is 3.74. The summed E-state index contributed by atoms with van der Waals surface area (Å²) in [6, 6.07) is 6.33. The lowest BCUT2D eigenvalue weighted by atomic mass is 10.1. The molecule has 0 bridgehead atoms. The van der Waals surface area contributed by atoms with E-state index in [1.807, 2.05) is 0 Å². The molecule has 124 valence electrons. The molecule has 2 rings (SSSR count). The molecule has 1 aromatic rings. The maximum Gasteiger partial charge on any atom is 0.175 e. The minimum atomic E-state index is -3.20. The number of benzene rings is 1. The number of nitrogens with zero attached hydrogens (tertiary/aromatic N) is 1. The van der Waals surface area contributed by atoms with Crippen molar-refractivity contribution in [3.63, 3.8) is 0 Å². The molecule has 0 unspecified atom stereocenters. The van der Waals surface area contributed by atoms with E-state index in [0.717, 1.165) is 19.7 Å². The Bertz CT molecular complexity index is 574. The van der Waals surface area contributed by atoms with Crippen molar-refractivity contribution in [3.8, 4) is 0 Å². The van der Waals surface area contributed by atoms with Crippen LogP contribution >= 0.6 is 0 Å². The summed E-state index contributed by atoms with van der Waals surface area (Å²) < 4.78 is 28.4. The molecule has 0 amide bonds. The number of nitrogens with one attached hydrogen (secondary N) is 1. The zero-order valence-electron chi connectivity index (χ0n) is 13.0. The van der Waals surface area contributed by atoms with Gasteiger partial charge in [-0.15, -0.1) is 0 Å². The Labute approximate surface area is 132 Å². The van der Waals surface area contributed by atoms with E-state index in [4.69, 9.17) is 4.74 Å². The van der Waals surface area contributed by atoms with Gasteiger partial charge in [0.15, 0.2) is 9.84 Å². The summed E-state index contributed by atoms with van der Waals surface area (Å²) in [5, 5.41) is 13.3. The Morgan fingerprint density at radius 1 is 1.41 bits per heavy atom. The predicted molar refractivity (Wildman–Crippen MR) is 84.6 cm³/mol. The number of aliphatic hydroxyl groups is 1. The van der Waals surface area contributed by atoms with Crippen LogP contribution in [0.15, 0.2) is 29.2 Å². The number of aliphatic hydroxyl groups excluding tert-OH is 1. The highest BCUT2D eigenvalue weighted by atomic mass is 32.2. The molecule has 2 atom stereocenters. The molecule has 0 spiro atoms. The first-order valence-corrected chi connectivity index (χ1v) is 9.24. The van der Waals surface area contributed by atoms with Crippen LogP contribution in [-0.2, 0) is 14.6 Å². The lowest BCUT2D eigenvalue weighted by Crippen LogP contribution is -2.45. The number of likely N-dealkylation sites (N-methyl/N-ethyl adjacent to an activating group) is 1. The number of hydrogen-bond donors (Lipinski definition) is 2. The van der Waals surface area contributed by atoms with Gasteiger partial charge >= 0.3 is 0 Å². The van der Waals surface area contributed by atoms with Crippen molar-refractivity contribution < 1.29 is 18.3 Å². The van der Waals surface area contributed by atoms with Gasteiger partial charge in [0, 0.05) is 32.4 Å². The molecule has 1 fully saturated rings. The fraction of sp³-hybridized carbons (Fsp3) is 0.600. The smallest absolute Gasteiger partial charge is 0.175 e. The highest BCUT2D eigenvalue weighted by molar-refractivity contribution is 7.90. The number of rotatable bonds is 6. The maximum atomic E-state index is 11.4. The number of ether oxygens (including phenoxy) is 1. The van der Waals surface area contributed by atoms with Gasteiger partial charge in [0.25, 0.3) is 0 Å². The van der Waals surface area contributed by atoms with Crippen molar-refractivity contribution in [1.29, 1.82) is 0 Å². The average Bonchev–Trinajstić information content (AvgIpc) is 2.46. The summed E-state index contributed by atoms with van der Waals surface area (Å²) in [6.07, 6.45) is 0.634. The van der Waals surface area contributed by atoms with Crippen molar-refractivity contribution in [3.05, 3.63) is 29.8 Å². The quantitative estimate of drug-likeness (QED) is 0.768. The summed E-state index contributed by atoms with van der Waals surface area (Å²) in [7, 11) is -1.14. The first-order chi connectivity index (χ1) is 10.4. The first-order valence-electron chi connectivity index (χ1n) is 7.35. The maximum absolute atomic E-state index is 11.4. The second kappa shape index (κ2) is 7.52. The van der Waals surface area contributed by atoms with Crippen molar-refractivity contribution in [2.75, 3.05) is 46.1 Å². The van der Waals surface area contributed by atoms with E-state index in [1.165, 1.54) is 18.4 Å². The summed E-state index contributed by atoms with van der Waals surface area (Å²) in [4.78, 5) is 2.48. The molecule has 0 radical (unpaired) electrons. The minimum absolute atomic E-state index is 0.138. The predicted octanol–water partition coefficient (Wildman–Crippen LogP) is 0.0437. The van der Waals surface area contributed by atoms with Gasteiger partial charge in [0.05, 0.1) is 23.7 Å². The summed E-state index contributed by atoms with van der Waals surface area (Å²) in [5.41, 5.74) is 0.696. The molecule has 0 aromatic heterocycles. The van der Waals surface area contributed by atoms with Crippen LogP contribution in [0.3, 0.4) is 0 Å². The normalized spacial score (nSPS) is 21.7. The molecule has 0 aliphatic carbocycles. The van der Waals surface area contributed by atoms with E-state index < -0.39 is 15.9 Å². The Morgan fingerprint density at radius 3 is 2.68 bits per heavy atom. The fourth-order valence-corrected chi connectivity index (χ4v) is 3.06. The molecule has 0 saturated carbocycles. The van der Waals surface area contributed by atoms with E-state index in [2.05, 4.69) is 17.3 Å². The summed E-state index contributed by atoms with van der Waals surface area (Å²) >= 11 is 0. The van der Waals surface area contributed by atoms with Crippen LogP contribution in [0.2, 0.25) is 0 Å². The van der Waals surface area contributed by atoms with Crippen LogP contribution < -0.4 is 5.32 Å². The largest absolute Gasteiger partial charge is 0.387 e. The van der Waals surface area contributed by atoms with Crippen molar-refractivity contribution in [2.24, 2.45) is 0 Å². The van der Waals surface area contributed by atoms with Gasteiger partial charge in [0.2, 0.25) is 0 Å². The summed E-state index contributed by atoms with van der Waals surface area (Å²) in [6.45, 7) is 3.65. The van der Waals surface area contributed by atoms with Crippen LogP contribution in [0.4, 0.5) is 0 Å². The zero-order chi connectivity index (χ0) is 16.2. The van der Waals surface area contributed by atoms with Crippen LogP contribution in [0, 0.1) is 0 Å². The Morgan fingerprint density at radius 2 is 2.09 bits per heavy atom. The monoisotopic (exact) mass is 328 g/mol. The van der Waals surface area contributed by atoms with Crippen LogP contribution in [0.25, 0.3) is 0 Å². The average molecular weight is 328 g/mol. The Kier molecular flexibility index (Phi) is 5.94. The van der Waals surface area contributed by atoms with Crippen molar-refractivity contribution >= 4 is 9.84 Å². The lowest BCUT2D eigenvalue weighted by molar-refractivity contribution is -0.0191. The van der Waals surface area contributed by atoms with Crippen LogP contribution in [0.1, 0.15) is 11.7 Å². The topological polar surface area (TPSA) is 78.9 Å². The number of hydrogen-bond acceptors (Lipinski definition) is 6. The highest BCUT2D eigenvalue weighted by Crippen LogP contribution is 2.16. The molecule has 7 heteroatoms. The SMILES string of the molecule is CN1CCO[C@H](CNC[C@H](O)c2ccc(S(C)(=O)=O)cc2)C1. The third-order valence-corrected chi connectivity index (χ3v) is 4.87. The molecule has 2 N–H and O–H groups in total. The highest BCUT2D eigenvalue weighted by Gasteiger charge is 2.18. The van der Waals surface area contributed by atoms with Crippen molar-refractivity contribution in [1.82, 2.24) is 10.2 Å². The molecule has 6 nitrogen and oxygen atoms in total. The molecule has 1 saturated heterocycles. The number of sulfone groups is 1. The van der Waals surface area contributed by atoms with Gasteiger partial charge in [-0.3, -0.25) is 0 Å². The Balaban J connectivity index is 1.80. The summed E-state index contributed by atoms with van der Waals surface area (Å²) in [5.74, 6) is 0. The molecular weight excluding hydrogens is 304 g/mol. The second-order valence-electron chi connectivity index (χ2n) is 5.77. The molecule has 22 heavy (non-hydrogen) atoms. The van der Waals surface area contributed by atoms with Gasteiger partial charge in [0.1, 0.15) is 0 Å². The minimum Gasteiger partial charge on any atom is -0.387 e.